The Morgan fingerprint density at radius 3 is 1.82 bits per heavy atom. The van der Waals surface area contributed by atoms with Crippen molar-refractivity contribution in [3.63, 3.8) is 0 Å². The second kappa shape index (κ2) is 6.93. The van der Waals surface area contributed by atoms with Crippen molar-refractivity contribution < 1.29 is 14.1 Å². The first kappa shape index (κ1) is 16.5. The van der Waals surface area contributed by atoms with E-state index in [1.807, 2.05) is 62.4 Å². The van der Waals surface area contributed by atoms with Crippen LogP contribution in [-0.4, -0.2) is 18.7 Å². The lowest BCUT2D eigenvalue weighted by atomic mass is 10.2. The van der Waals surface area contributed by atoms with Gasteiger partial charge in [0.2, 0.25) is 0 Å². The predicted octanol–water partition coefficient (Wildman–Crippen LogP) is 3.18. The van der Waals surface area contributed by atoms with E-state index in [2.05, 4.69) is 0 Å². The highest BCUT2D eigenvalue weighted by molar-refractivity contribution is 7.79. The summed E-state index contributed by atoms with van der Waals surface area (Å²) in [5.41, 5.74) is 1.86. The Kier molecular flexibility index (Phi) is 5.20. The third-order valence-corrected chi connectivity index (χ3v) is 6.93. The van der Waals surface area contributed by atoms with Crippen molar-refractivity contribution in [2.24, 2.45) is 0 Å². The molecule has 0 amide bonds. The summed E-state index contributed by atoms with van der Waals surface area (Å²) in [4.78, 5) is 12.0. The molecule has 2 aromatic carbocycles. The molecule has 116 valence electrons. The molecule has 0 atom stereocenters. The van der Waals surface area contributed by atoms with Crippen LogP contribution >= 0.6 is 7.14 Å². The average molecular weight is 316 g/mol. The van der Waals surface area contributed by atoms with E-state index in [4.69, 9.17) is 4.74 Å². The van der Waals surface area contributed by atoms with Crippen LogP contribution in [0.4, 0.5) is 0 Å². The Hall–Kier alpha value is -1.86. The molecule has 4 heteroatoms. The van der Waals surface area contributed by atoms with Gasteiger partial charge in [0.25, 0.3) is 0 Å². The summed E-state index contributed by atoms with van der Waals surface area (Å²) in [6.07, 6.45) is -0.101. The number of carbonyl (C=O) groups is 1. The SMILES string of the molecule is CCOC(=O)CP(=O)(c1ccccc1C)c1ccccc1C. The van der Waals surface area contributed by atoms with Gasteiger partial charge in [-0.1, -0.05) is 48.5 Å². The number of rotatable bonds is 5. The summed E-state index contributed by atoms with van der Waals surface area (Å²) in [6.45, 7) is 5.89. The van der Waals surface area contributed by atoms with Crippen LogP contribution in [0.3, 0.4) is 0 Å². The fourth-order valence-electron chi connectivity index (χ4n) is 2.63. The number of benzene rings is 2. The van der Waals surface area contributed by atoms with Crippen LogP contribution in [0.25, 0.3) is 0 Å². The Labute approximate surface area is 131 Å². The van der Waals surface area contributed by atoms with Crippen molar-refractivity contribution in [1.82, 2.24) is 0 Å². The molecule has 0 bridgehead atoms. The largest absolute Gasteiger partial charge is 0.466 e. The number of aryl methyl sites for hydroxylation is 2. The summed E-state index contributed by atoms with van der Waals surface area (Å²) in [7, 11) is -3.06. The standard InChI is InChI=1S/C18H21O3P/c1-4-21-18(19)13-22(20,16-11-7-5-9-14(16)2)17-12-8-6-10-15(17)3/h5-12H,4,13H2,1-3H3. The van der Waals surface area contributed by atoms with E-state index in [1.54, 1.807) is 6.92 Å². The number of hydrogen-bond donors (Lipinski definition) is 0. The zero-order chi connectivity index (χ0) is 16.2. The monoisotopic (exact) mass is 316 g/mol. The van der Waals surface area contributed by atoms with E-state index >= 15 is 0 Å². The highest BCUT2D eigenvalue weighted by Gasteiger charge is 2.33. The number of carbonyl (C=O) groups excluding carboxylic acids is 1. The van der Waals surface area contributed by atoms with Gasteiger partial charge in [-0.15, -0.1) is 0 Å². The van der Waals surface area contributed by atoms with E-state index < -0.39 is 13.1 Å². The van der Waals surface area contributed by atoms with Crippen LogP contribution in [0.5, 0.6) is 0 Å². The summed E-state index contributed by atoms with van der Waals surface area (Å²) in [5, 5.41) is 1.47. The Morgan fingerprint density at radius 2 is 1.41 bits per heavy atom. The molecule has 0 saturated heterocycles. The van der Waals surface area contributed by atoms with Crippen molar-refractivity contribution in [1.29, 1.82) is 0 Å². The molecule has 0 N–H and O–H groups in total. The summed E-state index contributed by atoms with van der Waals surface area (Å²) in [5.74, 6) is -0.419. The van der Waals surface area contributed by atoms with Crippen molar-refractivity contribution in [2.45, 2.75) is 20.8 Å². The third kappa shape index (κ3) is 3.31. The maximum Gasteiger partial charge on any atom is 0.313 e. The molecule has 0 fully saturated rings. The smallest absolute Gasteiger partial charge is 0.313 e. The molecule has 0 aromatic heterocycles. The molecular weight excluding hydrogens is 295 g/mol. The molecular formula is C18H21O3P. The molecule has 0 unspecified atom stereocenters. The van der Waals surface area contributed by atoms with E-state index in [0.717, 1.165) is 21.7 Å². The number of ether oxygens (including phenoxy) is 1. The van der Waals surface area contributed by atoms with Crippen LogP contribution in [0.15, 0.2) is 48.5 Å². The van der Waals surface area contributed by atoms with Gasteiger partial charge in [-0.25, -0.2) is 0 Å². The Morgan fingerprint density at radius 1 is 0.955 bits per heavy atom. The minimum atomic E-state index is -3.06. The van der Waals surface area contributed by atoms with Crippen molar-refractivity contribution in [3.8, 4) is 0 Å². The fraction of sp³-hybridized carbons (Fsp3) is 0.278. The topological polar surface area (TPSA) is 43.4 Å². The molecule has 0 heterocycles. The van der Waals surface area contributed by atoms with Gasteiger partial charge in [-0.2, -0.15) is 0 Å². The van der Waals surface area contributed by atoms with Crippen LogP contribution < -0.4 is 10.6 Å². The quantitative estimate of drug-likeness (QED) is 0.628. The van der Waals surface area contributed by atoms with E-state index in [0.29, 0.717) is 6.61 Å². The summed E-state index contributed by atoms with van der Waals surface area (Å²) < 4.78 is 18.9. The van der Waals surface area contributed by atoms with Gasteiger partial charge < -0.3 is 9.30 Å². The second-order valence-electron chi connectivity index (χ2n) is 5.28. The first-order valence-electron chi connectivity index (χ1n) is 7.36. The molecule has 0 aliphatic rings. The van der Waals surface area contributed by atoms with Gasteiger partial charge in [-0.05, 0) is 31.9 Å². The maximum atomic E-state index is 13.8. The molecule has 0 saturated carbocycles. The molecule has 0 aliphatic carbocycles. The predicted molar refractivity (Wildman–Crippen MR) is 90.7 cm³/mol. The van der Waals surface area contributed by atoms with Crippen LogP contribution in [0.2, 0.25) is 0 Å². The highest BCUT2D eigenvalue weighted by Crippen LogP contribution is 2.45. The third-order valence-electron chi connectivity index (χ3n) is 3.67. The van der Waals surface area contributed by atoms with Crippen LogP contribution in [-0.2, 0) is 14.1 Å². The Bertz CT molecular complexity index is 672. The lowest BCUT2D eigenvalue weighted by Gasteiger charge is -2.22. The van der Waals surface area contributed by atoms with E-state index in [-0.39, 0.29) is 6.16 Å². The normalized spacial score (nSPS) is 11.2. The lowest BCUT2D eigenvalue weighted by molar-refractivity contribution is -0.139. The van der Waals surface area contributed by atoms with Crippen LogP contribution in [0.1, 0.15) is 18.1 Å². The first-order valence-corrected chi connectivity index (χ1v) is 9.25. The van der Waals surface area contributed by atoms with Gasteiger partial charge in [0, 0.05) is 10.6 Å². The van der Waals surface area contributed by atoms with Crippen LogP contribution in [0, 0.1) is 13.8 Å². The second-order valence-corrected chi connectivity index (χ2v) is 8.04. The molecule has 0 aliphatic heterocycles. The number of hydrogen-bond acceptors (Lipinski definition) is 3. The van der Waals surface area contributed by atoms with Crippen molar-refractivity contribution in [2.75, 3.05) is 12.8 Å². The number of esters is 1. The molecule has 2 aromatic rings. The molecule has 2 rings (SSSR count). The fourth-order valence-corrected chi connectivity index (χ4v) is 5.62. The zero-order valence-electron chi connectivity index (χ0n) is 13.2. The van der Waals surface area contributed by atoms with E-state index in [9.17, 15) is 9.36 Å². The molecule has 0 radical (unpaired) electrons. The van der Waals surface area contributed by atoms with Gasteiger partial charge in [0.05, 0.1) is 6.61 Å². The van der Waals surface area contributed by atoms with Gasteiger partial charge in [0.1, 0.15) is 6.16 Å². The maximum absolute atomic E-state index is 13.8. The highest BCUT2D eigenvalue weighted by atomic mass is 31.2. The van der Waals surface area contributed by atoms with Crippen molar-refractivity contribution in [3.05, 3.63) is 59.7 Å². The Balaban J connectivity index is 2.60. The summed E-state index contributed by atoms with van der Waals surface area (Å²) in [6, 6.07) is 15.1. The minimum Gasteiger partial charge on any atom is -0.466 e. The molecule has 22 heavy (non-hydrogen) atoms. The minimum absolute atomic E-state index is 0.101. The lowest BCUT2D eigenvalue weighted by Crippen LogP contribution is -2.26. The van der Waals surface area contributed by atoms with Crippen molar-refractivity contribution >= 4 is 23.7 Å². The van der Waals surface area contributed by atoms with Gasteiger partial charge >= 0.3 is 5.97 Å². The van der Waals surface area contributed by atoms with Gasteiger partial charge in [0.15, 0.2) is 7.14 Å². The molecule has 3 nitrogen and oxygen atoms in total. The van der Waals surface area contributed by atoms with Gasteiger partial charge in [-0.3, -0.25) is 4.79 Å². The first-order chi connectivity index (χ1) is 10.5. The molecule has 0 spiro atoms. The average Bonchev–Trinajstić information content (AvgIpc) is 2.48. The van der Waals surface area contributed by atoms with E-state index in [1.165, 1.54) is 0 Å². The zero-order valence-corrected chi connectivity index (χ0v) is 14.1. The summed E-state index contributed by atoms with van der Waals surface area (Å²) >= 11 is 0.